The molecular weight excluding hydrogens is 484 g/mol. The summed E-state index contributed by atoms with van der Waals surface area (Å²) in [5, 5.41) is 14.6. The Kier molecular flexibility index (Phi) is 9.54. The van der Waals surface area contributed by atoms with Gasteiger partial charge in [0.1, 0.15) is 11.5 Å². The maximum atomic E-state index is 13.9. The van der Waals surface area contributed by atoms with Gasteiger partial charge in [0.2, 0.25) is 5.92 Å². The molecule has 10 heteroatoms. The number of urea groups is 1. The van der Waals surface area contributed by atoms with E-state index in [1.807, 2.05) is 20.8 Å². The number of rotatable bonds is 11. The number of hydrogen-bond acceptors (Lipinski definition) is 5. The molecule has 0 aliphatic heterocycles. The number of carbonyl (C=O) groups excluding carboxylic acids is 1. The minimum absolute atomic E-state index is 0.123. The van der Waals surface area contributed by atoms with Crippen LogP contribution >= 0.6 is 0 Å². The first kappa shape index (κ1) is 28.0. The van der Waals surface area contributed by atoms with Crippen molar-refractivity contribution in [2.24, 2.45) is 5.92 Å². The molecule has 1 saturated carbocycles. The Bertz CT molecular complexity index is 1050. The monoisotopic (exact) mass is 519 g/mol. The van der Waals surface area contributed by atoms with Crippen molar-refractivity contribution < 1.29 is 33.0 Å². The van der Waals surface area contributed by atoms with E-state index in [0.29, 0.717) is 48.8 Å². The van der Waals surface area contributed by atoms with Crippen molar-refractivity contribution in [3.05, 3.63) is 42.5 Å². The molecule has 0 saturated heterocycles. The fourth-order valence-electron chi connectivity index (χ4n) is 4.36. The minimum atomic E-state index is -2.66. The zero-order chi connectivity index (χ0) is 27.0. The molecule has 8 nitrogen and oxygen atoms in total. The number of nitrogens with zero attached hydrogens (tertiary/aromatic N) is 1. The summed E-state index contributed by atoms with van der Waals surface area (Å²) in [7, 11) is 0. The van der Waals surface area contributed by atoms with E-state index >= 15 is 0 Å². The smallest absolute Gasteiger partial charge is 0.341 e. The van der Waals surface area contributed by atoms with Crippen molar-refractivity contribution in [3.8, 4) is 11.5 Å². The van der Waals surface area contributed by atoms with Crippen LogP contribution in [-0.2, 0) is 4.79 Å². The minimum Gasteiger partial charge on any atom is -0.494 e. The lowest BCUT2D eigenvalue weighted by Crippen LogP contribution is -2.43. The third-order valence-corrected chi connectivity index (χ3v) is 6.00. The van der Waals surface area contributed by atoms with Crippen LogP contribution in [0.15, 0.2) is 42.5 Å². The van der Waals surface area contributed by atoms with Crippen LogP contribution in [0, 0.1) is 5.92 Å². The zero-order valence-corrected chi connectivity index (χ0v) is 21.4. The van der Waals surface area contributed by atoms with Gasteiger partial charge in [0.15, 0.2) is 6.61 Å². The van der Waals surface area contributed by atoms with E-state index in [0.717, 1.165) is 0 Å². The molecule has 2 amide bonds. The van der Waals surface area contributed by atoms with Crippen LogP contribution in [0.4, 0.5) is 30.6 Å². The Hall–Kier alpha value is -3.56. The summed E-state index contributed by atoms with van der Waals surface area (Å²) in [5.74, 6) is -2.61. The van der Waals surface area contributed by atoms with Crippen molar-refractivity contribution in [1.29, 1.82) is 0 Å². The maximum absolute atomic E-state index is 13.9. The van der Waals surface area contributed by atoms with Crippen LogP contribution in [0.2, 0.25) is 0 Å². The first-order valence-corrected chi connectivity index (χ1v) is 12.5. The second-order valence-corrected chi connectivity index (χ2v) is 9.53. The van der Waals surface area contributed by atoms with Crippen LogP contribution < -0.4 is 25.0 Å². The van der Waals surface area contributed by atoms with Gasteiger partial charge in [-0.15, -0.1) is 0 Å². The molecular formula is C27H35F2N3O5. The number of halogens is 2. The molecule has 3 N–H and O–H groups in total. The average molecular weight is 520 g/mol. The number of ether oxygens (including phenoxy) is 2. The Labute approximate surface area is 215 Å². The zero-order valence-electron chi connectivity index (χ0n) is 21.4. The molecule has 0 radical (unpaired) electrons. The normalized spacial score (nSPS) is 15.2. The van der Waals surface area contributed by atoms with E-state index < -0.39 is 24.5 Å². The molecule has 0 heterocycles. The summed E-state index contributed by atoms with van der Waals surface area (Å²) in [4.78, 5) is 26.0. The van der Waals surface area contributed by atoms with Gasteiger partial charge in [-0.1, -0.05) is 13.8 Å². The van der Waals surface area contributed by atoms with Crippen molar-refractivity contribution in [1.82, 2.24) is 0 Å². The second-order valence-electron chi connectivity index (χ2n) is 9.53. The number of anilines is 3. The predicted octanol–water partition coefficient (Wildman–Crippen LogP) is 6.23. The first-order valence-electron chi connectivity index (χ1n) is 12.5. The van der Waals surface area contributed by atoms with Crippen molar-refractivity contribution in [3.63, 3.8) is 0 Å². The summed E-state index contributed by atoms with van der Waals surface area (Å²) in [5.41, 5.74) is 1.60. The van der Waals surface area contributed by atoms with Crippen LogP contribution in [0.3, 0.4) is 0 Å². The molecule has 2 aromatic rings. The van der Waals surface area contributed by atoms with E-state index in [2.05, 4.69) is 15.5 Å². The molecule has 1 aliphatic rings. The number of carbonyl (C=O) groups is 2. The van der Waals surface area contributed by atoms with Crippen LogP contribution in [0.25, 0.3) is 0 Å². The summed E-state index contributed by atoms with van der Waals surface area (Å²) < 4.78 is 38.5. The lowest BCUT2D eigenvalue weighted by Gasteiger charge is -2.40. The third-order valence-electron chi connectivity index (χ3n) is 6.00. The number of hydrogen-bond donors (Lipinski definition) is 3. The second kappa shape index (κ2) is 12.6. The van der Waals surface area contributed by atoms with Crippen LogP contribution in [0.1, 0.15) is 46.5 Å². The molecule has 202 valence electrons. The highest BCUT2D eigenvalue weighted by Gasteiger charge is 2.37. The molecule has 0 unspecified atom stereocenters. The van der Waals surface area contributed by atoms with Crippen molar-refractivity contribution in [2.75, 3.05) is 35.3 Å². The average Bonchev–Trinajstić information content (AvgIpc) is 2.83. The maximum Gasteiger partial charge on any atom is 0.341 e. The third kappa shape index (κ3) is 8.51. The lowest BCUT2D eigenvalue weighted by atomic mass is 9.90. The SMILES string of the molecule is CCOc1ccc(NC(=O)Nc2cc(OCC(=O)O)ccc2N(CC(C)C)C2CCC(F)(F)CC2)cc1. The highest BCUT2D eigenvalue weighted by Crippen LogP contribution is 2.39. The standard InChI is InChI=1S/C27H35F2N3O5/c1-4-36-21-7-5-19(6-8-21)30-26(35)31-23-15-22(37-17-25(33)34)9-10-24(23)32(16-18(2)3)20-11-13-27(28,29)14-12-20/h5-10,15,18,20H,4,11-14,16-17H2,1-3H3,(H,33,34)(H2,30,31,35). The van der Waals surface area contributed by atoms with Gasteiger partial charge in [0.05, 0.1) is 18.0 Å². The number of benzene rings is 2. The Morgan fingerprint density at radius 3 is 2.30 bits per heavy atom. The summed E-state index contributed by atoms with van der Waals surface area (Å²) in [6.45, 7) is 6.56. The summed E-state index contributed by atoms with van der Waals surface area (Å²) in [6, 6.07) is 11.2. The molecule has 0 spiro atoms. The fourth-order valence-corrected chi connectivity index (χ4v) is 4.36. The van der Waals surface area contributed by atoms with E-state index in [1.165, 1.54) is 0 Å². The lowest BCUT2D eigenvalue weighted by molar-refractivity contribution is -0.139. The Balaban J connectivity index is 1.87. The quantitative estimate of drug-likeness (QED) is 0.325. The number of amides is 2. The largest absolute Gasteiger partial charge is 0.494 e. The van der Waals surface area contributed by atoms with Gasteiger partial charge in [0, 0.05) is 37.2 Å². The number of carboxylic acid groups (broad SMARTS) is 1. The van der Waals surface area contributed by atoms with Gasteiger partial charge in [-0.2, -0.15) is 0 Å². The van der Waals surface area contributed by atoms with E-state index in [-0.39, 0.29) is 30.6 Å². The summed E-state index contributed by atoms with van der Waals surface area (Å²) >= 11 is 0. The van der Waals surface area contributed by atoms with Gasteiger partial charge in [-0.3, -0.25) is 0 Å². The van der Waals surface area contributed by atoms with Gasteiger partial charge < -0.3 is 30.1 Å². The van der Waals surface area contributed by atoms with E-state index in [1.54, 1.807) is 42.5 Å². The van der Waals surface area contributed by atoms with E-state index in [9.17, 15) is 18.4 Å². The Morgan fingerprint density at radius 1 is 1.05 bits per heavy atom. The van der Waals surface area contributed by atoms with E-state index in [4.69, 9.17) is 14.6 Å². The first-order chi connectivity index (χ1) is 17.6. The molecule has 0 aromatic heterocycles. The molecule has 2 aromatic carbocycles. The van der Waals surface area contributed by atoms with Gasteiger partial charge in [-0.25, -0.2) is 18.4 Å². The highest BCUT2D eigenvalue weighted by molar-refractivity contribution is 6.02. The molecule has 1 fully saturated rings. The fraction of sp³-hybridized carbons (Fsp3) is 0.481. The number of alkyl halides is 2. The predicted molar refractivity (Wildman–Crippen MR) is 139 cm³/mol. The van der Waals surface area contributed by atoms with Gasteiger partial charge in [-0.05, 0) is 62.1 Å². The molecule has 3 rings (SSSR count). The molecule has 0 bridgehead atoms. The van der Waals surface area contributed by atoms with Crippen LogP contribution in [0.5, 0.6) is 11.5 Å². The molecule has 1 aliphatic carbocycles. The van der Waals surface area contributed by atoms with Crippen molar-refractivity contribution in [2.45, 2.75) is 58.4 Å². The van der Waals surface area contributed by atoms with Crippen molar-refractivity contribution >= 4 is 29.1 Å². The number of nitrogens with one attached hydrogen (secondary N) is 2. The molecule has 0 atom stereocenters. The summed E-state index contributed by atoms with van der Waals surface area (Å²) in [6.07, 6.45) is 0.281. The van der Waals surface area contributed by atoms with Crippen LogP contribution in [-0.4, -0.2) is 48.8 Å². The van der Waals surface area contributed by atoms with Gasteiger partial charge in [0.25, 0.3) is 0 Å². The number of carboxylic acids is 1. The molecule has 37 heavy (non-hydrogen) atoms. The number of aliphatic carboxylic acids is 1. The Morgan fingerprint density at radius 2 is 1.70 bits per heavy atom. The van der Waals surface area contributed by atoms with Gasteiger partial charge >= 0.3 is 12.0 Å². The highest BCUT2D eigenvalue weighted by atomic mass is 19.3. The topological polar surface area (TPSA) is 100 Å².